The van der Waals surface area contributed by atoms with E-state index in [1.807, 2.05) is 30.5 Å². The van der Waals surface area contributed by atoms with E-state index in [4.69, 9.17) is 11.6 Å². The minimum atomic E-state index is 0.0913. The molecule has 0 saturated heterocycles. The van der Waals surface area contributed by atoms with Gasteiger partial charge in [-0.25, -0.2) is 0 Å². The molecule has 1 aromatic carbocycles. The summed E-state index contributed by atoms with van der Waals surface area (Å²) in [6, 6.07) is 7.90. The van der Waals surface area contributed by atoms with E-state index >= 15 is 0 Å². The molecule has 2 aromatic rings. The molecule has 0 atom stereocenters. The lowest BCUT2D eigenvalue weighted by Gasteiger charge is -2.06. The van der Waals surface area contributed by atoms with Crippen molar-refractivity contribution in [3.05, 3.63) is 35.5 Å². The summed E-state index contributed by atoms with van der Waals surface area (Å²) in [5, 5.41) is 4.69. The Morgan fingerprint density at radius 3 is 3.00 bits per heavy atom. The summed E-state index contributed by atoms with van der Waals surface area (Å²) < 4.78 is 2.15. The highest BCUT2D eigenvalue weighted by atomic mass is 35.5. The molecule has 19 heavy (non-hydrogen) atoms. The van der Waals surface area contributed by atoms with Crippen molar-refractivity contribution in [1.29, 1.82) is 0 Å². The first-order valence-electron chi connectivity index (χ1n) is 6.32. The molecule has 2 rings (SSSR count). The van der Waals surface area contributed by atoms with Crippen LogP contribution < -0.4 is 5.32 Å². The van der Waals surface area contributed by atoms with Crippen molar-refractivity contribution in [1.82, 2.24) is 9.88 Å². The molecular weight excluding hydrogens is 280 g/mol. The van der Waals surface area contributed by atoms with E-state index in [1.54, 1.807) is 0 Å². The summed E-state index contributed by atoms with van der Waals surface area (Å²) in [6.45, 7) is 1.46. The Hall–Kier alpha value is -1.13. The van der Waals surface area contributed by atoms with Gasteiger partial charge in [0.1, 0.15) is 0 Å². The van der Waals surface area contributed by atoms with Gasteiger partial charge >= 0.3 is 0 Å². The monoisotopic (exact) mass is 296 g/mol. The van der Waals surface area contributed by atoms with Gasteiger partial charge in [0.2, 0.25) is 5.91 Å². The van der Waals surface area contributed by atoms with Gasteiger partial charge in [-0.1, -0.05) is 11.6 Å². The van der Waals surface area contributed by atoms with Gasteiger partial charge in [-0.3, -0.25) is 4.79 Å². The Balaban J connectivity index is 1.90. The topological polar surface area (TPSA) is 34.0 Å². The Labute approximate surface area is 123 Å². The molecule has 0 aliphatic heterocycles. The fourth-order valence-corrected chi connectivity index (χ4v) is 2.35. The third-order valence-corrected chi connectivity index (χ3v) is 3.43. The van der Waals surface area contributed by atoms with Gasteiger partial charge in [0.05, 0.1) is 0 Å². The number of benzene rings is 1. The van der Waals surface area contributed by atoms with Crippen LogP contribution in [0.4, 0.5) is 0 Å². The number of amides is 1. The predicted octanol–water partition coefficient (Wildman–Crippen LogP) is 3.12. The normalized spacial score (nSPS) is 10.8. The second-order valence-electron chi connectivity index (χ2n) is 4.39. The molecule has 1 N–H and O–H groups in total. The molecule has 102 valence electrons. The molecule has 0 spiro atoms. The van der Waals surface area contributed by atoms with Crippen LogP contribution in [-0.4, -0.2) is 22.8 Å². The summed E-state index contributed by atoms with van der Waals surface area (Å²) in [5.74, 6) is 0.767. The largest absolute Gasteiger partial charge is 0.355 e. The van der Waals surface area contributed by atoms with Crippen molar-refractivity contribution >= 4 is 41.0 Å². The number of hydrogen-bond acceptors (Lipinski definition) is 2. The first-order chi connectivity index (χ1) is 9.20. The molecule has 0 unspecified atom stereocenters. The zero-order chi connectivity index (χ0) is 13.7. The maximum absolute atomic E-state index is 11.5. The van der Waals surface area contributed by atoms with Crippen LogP contribution >= 0.6 is 24.2 Å². The Kier molecular flexibility index (Phi) is 5.16. The molecule has 1 amide bonds. The molecule has 0 fully saturated rings. The number of aromatic nitrogens is 1. The highest BCUT2D eigenvalue weighted by Gasteiger charge is 2.03. The first kappa shape index (κ1) is 14.3. The minimum absolute atomic E-state index is 0.0913. The average molecular weight is 297 g/mol. The van der Waals surface area contributed by atoms with Crippen molar-refractivity contribution in [2.45, 2.75) is 19.4 Å². The van der Waals surface area contributed by atoms with Crippen molar-refractivity contribution in [3.63, 3.8) is 0 Å². The predicted molar refractivity (Wildman–Crippen MR) is 83.0 cm³/mol. The fourth-order valence-electron chi connectivity index (χ4n) is 2.06. The van der Waals surface area contributed by atoms with Crippen LogP contribution in [0.2, 0.25) is 5.02 Å². The molecule has 0 aliphatic carbocycles. The first-order valence-corrected chi connectivity index (χ1v) is 7.33. The summed E-state index contributed by atoms with van der Waals surface area (Å²) in [7, 11) is 0. The Bertz CT molecular complexity index is 568. The van der Waals surface area contributed by atoms with E-state index in [0.29, 0.717) is 18.7 Å². The number of nitrogens with one attached hydrogen (secondary N) is 1. The maximum atomic E-state index is 11.5. The number of halogens is 1. The van der Waals surface area contributed by atoms with Crippen LogP contribution in [0.5, 0.6) is 0 Å². The SMILES string of the molecule is O=C(CCCn1ccc2cc(Cl)ccc21)NCCS. The van der Waals surface area contributed by atoms with Gasteiger partial charge in [0.25, 0.3) is 0 Å². The number of thiol groups is 1. The van der Waals surface area contributed by atoms with Crippen LogP contribution in [0.25, 0.3) is 10.9 Å². The lowest BCUT2D eigenvalue weighted by Crippen LogP contribution is -2.25. The third-order valence-electron chi connectivity index (χ3n) is 2.97. The van der Waals surface area contributed by atoms with Gasteiger partial charge in [-0.05, 0) is 30.7 Å². The second-order valence-corrected chi connectivity index (χ2v) is 5.27. The van der Waals surface area contributed by atoms with E-state index in [-0.39, 0.29) is 5.91 Å². The van der Waals surface area contributed by atoms with E-state index in [0.717, 1.165) is 28.9 Å². The summed E-state index contributed by atoms with van der Waals surface area (Å²) in [6.07, 6.45) is 3.40. The molecule has 0 saturated carbocycles. The number of fused-ring (bicyclic) bond motifs is 1. The highest BCUT2D eigenvalue weighted by Crippen LogP contribution is 2.20. The fraction of sp³-hybridized carbons (Fsp3) is 0.357. The molecule has 0 aliphatic rings. The number of carbonyl (C=O) groups excluding carboxylic acids is 1. The number of nitrogens with zero attached hydrogens (tertiary/aromatic N) is 1. The van der Waals surface area contributed by atoms with Crippen LogP contribution in [0.15, 0.2) is 30.5 Å². The molecule has 1 heterocycles. The van der Waals surface area contributed by atoms with Crippen LogP contribution in [0, 0.1) is 0 Å². The number of rotatable bonds is 6. The minimum Gasteiger partial charge on any atom is -0.355 e. The Morgan fingerprint density at radius 1 is 1.37 bits per heavy atom. The van der Waals surface area contributed by atoms with E-state index in [9.17, 15) is 4.79 Å². The third kappa shape index (κ3) is 3.91. The zero-order valence-electron chi connectivity index (χ0n) is 10.6. The average Bonchev–Trinajstić information content (AvgIpc) is 2.79. The van der Waals surface area contributed by atoms with Crippen LogP contribution in [0.3, 0.4) is 0 Å². The van der Waals surface area contributed by atoms with E-state index in [1.165, 1.54) is 0 Å². The highest BCUT2D eigenvalue weighted by molar-refractivity contribution is 7.80. The maximum Gasteiger partial charge on any atom is 0.220 e. The van der Waals surface area contributed by atoms with E-state index < -0.39 is 0 Å². The molecule has 1 aromatic heterocycles. The van der Waals surface area contributed by atoms with Gasteiger partial charge < -0.3 is 9.88 Å². The van der Waals surface area contributed by atoms with Crippen LogP contribution in [-0.2, 0) is 11.3 Å². The number of hydrogen-bond donors (Lipinski definition) is 2. The second kappa shape index (κ2) is 6.87. The molecule has 3 nitrogen and oxygen atoms in total. The smallest absolute Gasteiger partial charge is 0.220 e. The lowest BCUT2D eigenvalue weighted by atomic mass is 10.2. The van der Waals surface area contributed by atoms with Gasteiger partial charge in [-0.15, -0.1) is 0 Å². The summed E-state index contributed by atoms with van der Waals surface area (Å²) in [4.78, 5) is 11.5. The zero-order valence-corrected chi connectivity index (χ0v) is 12.3. The van der Waals surface area contributed by atoms with Gasteiger partial charge in [-0.2, -0.15) is 12.6 Å². The summed E-state index contributed by atoms with van der Waals surface area (Å²) >= 11 is 10.0. The van der Waals surface area contributed by atoms with E-state index in [2.05, 4.69) is 22.5 Å². The molecule has 5 heteroatoms. The van der Waals surface area contributed by atoms with Crippen LogP contribution in [0.1, 0.15) is 12.8 Å². The quantitative estimate of drug-likeness (QED) is 0.789. The molecule has 0 radical (unpaired) electrons. The standard InChI is InChI=1S/C14H17ClN2OS/c15-12-3-4-13-11(10-12)5-8-17(13)7-1-2-14(18)16-6-9-19/h3-5,8,10,19H,1-2,6-7,9H2,(H,16,18). The Morgan fingerprint density at radius 2 is 2.21 bits per heavy atom. The molecular formula is C14H17ClN2OS. The molecule has 0 bridgehead atoms. The van der Waals surface area contributed by atoms with Gasteiger partial charge in [0, 0.05) is 47.4 Å². The number of aryl methyl sites for hydroxylation is 1. The van der Waals surface area contributed by atoms with Crippen molar-refractivity contribution in [2.24, 2.45) is 0 Å². The van der Waals surface area contributed by atoms with Crippen molar-refractivity contribution < 1.29 is 4.79 Å². The van der Waals surface area contributed by atoms with Crippen molar-refractivity contribution in [2.75, 3.05) is 12.3 Å². The lowest BCUT2D eigenvalue weighted by molar-refractivity contribution is -0.121. The summed E-state index contributed by atoms with van der Waals surface area (Å²) in [5.41, 5.74) is 1.15. The number of carbonyl (C=O) groups is 1. The van der Waals surface area contributed by atoms with Gasteiger partial charge in [0.15, 0.2) is 0 Å². The van der Waals surface area contributed by atoms with Crippen molar-refractivity contribution in [3.8, 4) is 0 Å².